The van der Waals surface area contributed by atoms with Gasteiger partial charge in [0.15, 0.2) is 5.76 Å². The summed E-state index contributed by atoms with van der Waals surface area (Å²) in [7, 11) is 0. The Morgan fingerprint density at radius 2 is 2.08 bits per heavy atom. The number of furan rings is 1. The molecule has 0 radical (unpaired) electrons. The van der Waals surface area contributed by atoms with Crippen molar-refractivity contribution >= 4 is 40.4 Å². The summed E-state index contributed by atoms with van der Waals surface area (Å²) in [5.41, 5.74) is 3.35. The van der Waals surface area contributed by atoms with Gasteiger partial charge < -0.3 is 4.42 Å². The second kappa shape index (κ2) is 6.51. The number of hydrogen-bond acceptors (Lipinski definition) is 5. The average Bonchev–Trinajstić information content (AvgIpc) is 2.98. The summed E-state index contributed by atoms with van der Waals surface area (Å²) in [6, 6.07) is 12.5. The molecule has 0 fully saturated rings. The van der Waals surface area contributed by atoms with Crippen molar-refractivity contribution in [3.8, 4) is 0 Å². The Hall–Kier alpha value is -3.19. The van der Waals surface area contributed by atoms with Gasteiger partial charge in [-0.1, -0.05) is 23.7 Å². The van der Waals surface area contributed by atoms with E-state index >= 15 is 0 Å². The van der Waals surface area contributed by atoms with Gasteiger partial charge in [0.2, 0.25) is 0 Å². The molecule has 24 heavy (non-hydrogen) atoms. The number of carbonyl (C=O) groups excluding carboxylic acids is 1. The van der Waals surface area contributed by atoms with E-state index in [0.717, 1.165) is 5.56 Å². The van der Waals surface area contributed by atoms with Crippen LogP contribution in [0.5, 0.6) is 0 Å². The van der Waals surface area contributed by atoms with Crippen LogP contribution in [0.3, 0.4) is 0 Å². The Morgan fingerprint density at radius 3 is 2.83 bits per heavy atom. The van der Waals surface area contributed by atoms with Gasteiger partial charge in [0.05, 0.1) is 11.1 Å². The predicted molar refractivity (Wildman–Crippen MR) is 89.4 cm³/mol. The number of halogens is 1. The van der Waals surface area contributed by atoms with Gasteiger partial charge in [-0.3, -0.25) is 14.9 Å². The third-order valence-corrected chi connectivity index (χ3v) is 3.40. The average molecular weight is 344 g/mol. The molecule has 3 aromatic rings. The lowest BCUT2D eigenvalue weighted by Gasteiger charge is -1.96. The smallest absolute Gasteiger partial charge is 0.307 e. The van der Waals surface area contributed by atoms with Gasteiger partial charge in [-0.25, -0.2) is 5.43 Å². The number of fused-ring (bicyclic) bond motifs is 1. The van der Waals surface area contributed by atoms with Crippen LogP contribution < -0.4 is 5.43 Å². The Labute approximate surface area is 140 Å². The van der Waals surface area contributed by atoms with Gasteiger partial charge in [0.1, 0.15) is 5.58 Å². The summed E-state index contributed by atoms with van der Waals surface area (Å²) < 4.78 is 5.36. The zero-order chi connectivity index (χ0) is 17.1. The standard InChI is InChI=1S/C16H10ClN3O4/c17-12-3-1-2-10(6-12)9-18-19-16(21)15-8-11-7-13(20(22)23)4-5-14(11)24-15/h1-9H,(H,19,21)/b18-9-. The number of nitro groups is 1. The fourth-order valence-electron chi connectivity index (χ4n) is 2.06. The molecule has 8 heteroatoms. The third-order valence-electron chi connectivity index (χ3n) is 3.16. The molecule has 0 aliphatic heterocycles. The van der Waals surface area contributed by atoms with Crippen molar-refractivity contribution in [1.29, 1.82) is 0 Å². The molecule has 2 aromatic carbocycles. The molecule has 0 saturated carbocycles. The lowest BCUT2D eigenvalue weighted by Crippen LogP contribution is -2.16. The minimum atomic E-state index is -0.563. The van der Waals surface area contributed by atoms with E-state index in [9.17, 15) is 14.9 Å². The zero-order valence-corrected chi connectivity index (χ0v) is 12.9. The number of nitrogens with one attached hydrogen (secondary N) is 1. The van der Waals surface area contributed by atoms with E-state index in [4.69, 9.17) is 16.0 Å². The SMILES string of the molecule is O=C(N/N=C\c1cccc(Cl)c1)c1cc2cc([N+](=O)[O-])ccc2o1. The summed E-state index contributed by atoms with van der Waals surface area (Å²) in [5.74, 6) is -0.555. The monoisotopic (exact) mass is 343 g/mol. The second-order valence-corrected chi connectivity index (χ2v) is 5.28. The Bertz CT molecular complexity index is 965. The van der Waals surface area contributed by atoms with E-state index in [-0.39, 0.29) is 11.4 Å². The van der Waals surface area contributed by atoms with Crippen LogP contribution in [0.15, 0.2) is 58.0 Å². The van der Waals surface area contributed by atoms with Crippen LogP contribution in [-0.4, -0.2) is 17.0 Å². The van der Waals surface area contributed by atoms with Crippen LogP contribution in [0.4, 0.5) is 5.69 Å². The maximum absolute atomic E-state index is 12.0. The lowest BCUT2D eigenvalue weighted by atomic mass is 10.2. The van der Waals surface area contributed by atoms with Gasteiger partial charge in [-0.2, -0.15) is 5.10 Å². The van der Waals surface area contributed by atoms with Crippen LogP contribution in [0.2, 0.25) is 5.02 Å². The van der Waals surface area contributed by atoms with E-state index in [0.29, 0.717) is 16.0 Å². The number of nitrogens with zero attached hydrogens (tertiary/aromatic N) is 2. The fourth-order valence-corrected chi connectivity index (χ4v) is 2.26. The minimum Gasteiger partial charge on any atom is -0.451 e. The molecule has 0 unspecified atom stereocenters. The molecule has 0 bridgehead atoms. The van der Waals surface area contributed by atoms with E-state index in [2.05, 4.69) is 10.5 Å². The number of hydrogen-bond donors (Lipinski definition) is 1. The van der Waals surface area contributed by atoms with Gasteiger partial charge in [0.25, 0.3) is 5.69 Å². The van der Waals surface area contributed by atoms with Gasteiger partial charge in [0, 0.05) is 22.5 Å². The third kappa shape index (κ3) is 3.41. The van der Waals surface area contributed by atoms with E-state index < -0.39 is 10.8 Å². The molecule has 3 rings (SSSR count). The summed E-state index contributed by atoms with van der Waals surface area (Å²) in [6.45, 7) is 0. The molecule has 0 aliphatic rings. The molecule has 0 spiro atoms. The van der Waals surface area contributed by atoms with Gasteiger partial charge >= 0.3 is 5.91 Å². The normalized spacial score (nSPS) is 11.0. The van der Waals surface area contributed by atoms with Crippen LogP contribution in [0, 0.1) is 10.1 Å². The number of rotatable bonds is 4. The summed E-state index contributed by atoms with van der Waals surface area (Å²) in [4.78, 5) is 22.3. The fraction of sp³-hybridized carbons (Fsp3) is 0. The number of nitro benzene ring substituents is 1. The molecule has 7 nitrogen and oxygen atoms in total. The van der Waals surface area contributed by atoms with Crippen molar-refractivity contribution in [2.24, 2.45) is 5.10 Å². The number of amides is 1. The quantitative estimate of drug-likeness (QED) is 0.443. The van der Waals surface area contributed by atoms with E-state index in [1.807, 2.05) is 0 Å². The largest absolute Gasteiger partial charge is 0.451 e. The molecule has 0 saturated heterocycles. The highest BCUT2D eigenvalue weighted by molar-refractivity contribution is 6.30. The molecule has 0 aliphatic carbocycles. The molecule has 1 heterocycles. The zero-order valence-electron chi connectivity index (χ0n) is 12.1. The van der Waals surface area contributed by atoms with Crippen molar-refractivity contribution in [1.82, 2.24) is 5.43 Å². The van der Waals surface area contributed by atoms with Crippen LogP contribution in [0.25, 0.3) is 11.0 Å². The van der Waals surface area contributed by atoms with E-state index in [1.165, 1.54) is 30.5 Å². The minimum absolute atomic E-state index is 0.00809. The Kier molecular flexibility index (Phi) is 4.26. The van der Waals surface area contributed by atoms with Crippen LogP contribution >= 0.6 is 11.6 Å². The molecular weight excluding hydrogens is 334 g/mol. The highest BCUT2D eigenvalue weighted by Gasteiger charge is 2.14. The molecule has 120 valence electrons. The highest BCUT2D eigenvalue weighted by Crippen LogP contribution is 2.24. The summed E-state index contributed by atoms with van der Waals surface area (Å²) >= 11 is 5.85. The molecule has 1 amide bonds. The summed E-state index contributed by atoms with van der Waals surface area (Å²) in [6.07, 6.45) is 1.44. The number of non-ortho nitro benzene ring substituents is 1. The lowest BCUT2D eigenvalue weighted by molar-refractivity contribution is -0.384. The van der Waals surface area contributed by atoms with Crippen LogP contribution in [-0.2, 0) is 0 Å². The molecular formula is C16H10ClN3O4. The first-order valence-corrected chi connectivity index (χ1v) is 7.18. The first-order valence-electron chi connectivity index (χ1n) is 6.80. The predicted octanol–water partition coefficient (Wildman–Crippen LogP) is 3.76. The van der Waals surface area contributed by atoms with Crippen molar-refractivity contribution in [2.75, 3.05) is 0 Å². The first-order chi connectivity index (χ1) is 11.5. The van der Waals surface area contributed by atoms with Crippen LogP contribution in [0.1, 0.15) is 16.1 Å². The molecule has 1 N–H and O–H groups in total. The number of hydrazone groups is 1. The van der Waals surface area contributed by atoms with Crippen molar-refractivity contribution in [3.05, 3.63) is 75.0 Å². The van der Waals surface area contributed by atoms with Gasteiger partial charge in [-0.15, -0.1) is 0 Å². The number of benzene rings is 2. The highest BCUT2D eigenvalue weighted by atomic mass is 35.5. The maximum Gasteiger partial charge on any atom is 0.307 e. The second-order valence-electron chi connectivity index (χ2n) is 4.84. The Balaban J connectivity index is 1.75. The topological polar surface area (TPSA) is 97.7 Å². The van der Waals surface area contributed by atoms with Gasteiger partial charge in [-0.05, 0) is 29.8 Å². The number of carbonyl (C=O) groups is 1. The molecule has 1 aromatic heterocycles. The van der Waals surface area contributed by atoms with E-state index in [1.54, 1.807) is 24.3 Å². The van der Waals surface area contributed by atoms with Crippen molar-refractivity contribution in [2.45, 2.75) is 0 Å². The summed E-state index contributed by atoms with van der Waals surface area (Å²) in [5, 5.41) is 15.6. The Morgan fingerprint density at radius 1 is 1.25 bits per heavy atom. The molecule has 0 atom stereocenters. The van der Waals surface area contributed by atoms with Crippen molar-refractivity contribution < 1.29 is 14.1 Å². The first kappa shape index (κ1) is 15.7. The maximum atomic E-state index is 12.0. The van der Waals surface area contributed by atoms with Crippen molar-refractivity contribution in [3.63, 3.8) is 0 Å².